The van der Waals surface area contributed by atoms with Crippen LogP contribution in [0.3, 0.4) is 0 Å². The maximum atomic E-state index is 12.3. The van der Waals surface area contributed by atoms with Gasteiger partial charge in [-0.25, -0.2) is 0 Å². The number of amides is 1. The average Bonchev–Trinajstić information content (AvgIpc) is 3.38. The van der Waals surface area contributed by atoms with Gasteiger partial charge in [0, 0.05) is 18.0 Å². The Balaban J connectivity index is 1.40. The topological polar surface area (TPSA) is 111 Å². The van der Waals surface area contributed by atoms with Gasteiger partial charge in [0.15, 0.2) is 11.6 Å². The molecule has 8 nitrogen and oxygen atoms in total. The number of rotatable bonds is 5. The standard InChI is InChI=1S/C17H16N6O2S2/c1-23-5-4-10-11(7-18)16(27-13(10)8-23)19-14(24)9-26-17-20-15(21-22-17)12-3-2-6-25-12/h2-3,6H,4-5,8-9H2,1H3,(H,19,24)(H,20,21,22). The molecule has 0 saturated heterocycles. The van der Waals surface area contributed by atoms with Crippen molar-refractivity contribution in [2.75, 3.05) is 24.7 Å². The predicted octanol–water partition coefficient (Wildman–Crippen LogP) is 2.72. The van der Waals surface area contributed by atoms with Crippen molar-refractivity contribution in [2.45, 2.75) is 18.1 Å². The number of furan rings is 1. The Bertz CT molecular complexity index is 1000. The quantitative estimate of drug-likeness (QED) is 0.634. The molecule has 0 bridgehead atoms. The van der Waals surface area contributed by atoms with E-state index >= 15 is 0 Å². The highest BCUT2D eigenvalue weighted by Crippen LogP contribution is 2.36. The molecule has 4 heterocycles. The fourth-order valence-electron chi connectivity index (χ4n) is 2.86. The highest BCUT2D eigenvalue weighted by Gasteiger charge is 2.23. The normalized spacial score (nSPS) is 13.9. The van der Waals surface area contributed by atoms with Gasteiger partial charge in [-0.3, -0.25) is 9.89 Å². The first-order chi connectivity index (χ1) is 13.1. The van der Waals surface area contributed by atoms with Crippen LogP contribution in [-0.2, 0) is 17.8 Å². The van der Waals surface area contributed by atoms with Crippen LogP contribution in [0.1, 0.15) is 16.0 Å². The SMILES string of the molecule is CN1CCc2c(sc(NC(=O)CSc3n[nH]c(-c4ccco4)n3)c2C#N)C1. The van der Waals surface area contributed by atoms with Crippen molar-refractivity contribution in [1.29, 1.82) is 5.26 Å². The maximum absolute atomic E-state index is 12.3. The summed E-state index contributed by atoms with van der Waals surface area (Å²) in [5, 5.41) is 20.3. The number of nitrogens with one attached hydrogen (secondary N) is 2. The monoisotopic (exact) mass is 400 g/mol. The molecular weight excluding hydrogens is 384 g/mol. The summed E-state index contributed by atoms with van der Waals surface area (Å²) >= 11 is 2.71. The van der Waals surface area contributed by atoms with Gasteiger partial charge in [-0.15, -0.1) is 16.4 Å². The summed E-state index contributed by atoms with van der Waals surface area (Å²) in [7, 11) is 2.05. The van der Waals surface area contributed by atoms with Crippen LogP contribution in [0.25, 0.3) is 11.6 Å². The molecule has 10 heteroatoms. The van der Waals surface area contributed by atoms with Crippen molar-refractivity contribution < 1.29 is 9.21 Å². The fourth-order valence-corrected chi connectivity index (χ4v) is 4.76. The number of thioether (sulfide) groups is 1. The number of hydrogen-bond acceptors (Lipinski definition) is 8. The van der Waals surface area contributed by atoms with Gasteiger partial charge in [0.2, 0.25) is 11.1 Å². The Hall–Kier alpha value is -2.61. The van der Waals surface area contributed by atoms with Crippen LogP contribution >= 0.6 is 23.1 Å². The Morgan fingerprint density at radius 2 is 2.48 bits per heavy atom. The second-order valence-corrected chi connectivity index (χ2v) is 8.14. The van der Waals surface area contributed by atoms with E-state index in [1.807, 2.05) is 0 Å². The average molecular weight is 400 g/mol. The van der Waals surface area contributed by atoms with Gasteiger partial charge in [-0.2, -0.15) is 10.2 Å². The van der Waals surface area contributed by atoms with E-state index < -0.39 is 0 Å². The van der Waals surface area contributed by atoms with E-state index in [1.54, 1.807) is 18.4 Å². The molecule has 27 heavy (non-hydrogen) atoms. The van der Waals surface area contributed by atoms with Crippen LogP contribution in [-0.4, -0.2) is 45.3 Å². The van der Waals surface area contributed by atoms with Crippen LogP contribution in [0, 0.1) is 11.3 Å². The summed E-state index contributed by atoms with van der Waals surface area (Å²) in [5.41, 5.74) is 1.67. The van der Waals surface area contributed by atoms with E-state index in [1.165, 1.54) is 23.1 Å². The highest BCUT2D eigenvalue weighted by molar-refractivity contribution is 7.99. The number of nitrogens with zero attached hydrogens (tertiary/aromatic N) is 4. The third kappa shape index (κ3) is 3.75. The van der Waals surface area contributed by atoms with Crippen molar-refractivity contribution in [3.63, 3.8) is 0 Å². The van der Waals surface area contributed by atoms with Crippen molar-refractivity contribution in [2.24, 2.45) is 0 Å². The van der Waals surface area contributed by atoms with Crippen LogP contribution in [0.4, 0.5) is 5.00 Å². The molecule has 0 fully saturated rings. The number of aromatic nitrogens is 3. The molecule has 138 valence electrons. The molecule has 4 rings (SSSR count). The van der Waals surface area contributed by atoms with Crippen molar-refractivity contribution in [3.8, 4) is 17.7 Å². The van der Waals surface area contributed by atoms with Gasteiger partial charge in [0.05, 0.1) is 17.6 Å². The van der Waals surface area contributed by atoms with E-state index in [2.05, 4.69) is 38.5 Å². The van der Waals surface area contributed by atoms with Crippen molar-refractivity contribution >= 4 is 34.0 Å². The molecule has 3 aromatic heterocycles. The zero-order chi connectivity index (χ0) is 18.8. The summed E-state index contributed by atoms with van der Waals surface area (Å²) in [5.74, 6) is 1.08. The molecule has 0 unspecified atom stereocenters. The lowest BCUT2D eigenvalue weighted by atomic mass is 10.0. The third-order valence-electron chi connectivity index (χ3n) is 4.16. The van der Waals surface area contributed by atoms with Crippen LogP contribution in [0.5, 0.6) is 0 Å². The van der Waals surface area contributed by atoms with Gasteiger partial charge in [-0.1, -0.05) is 11.8 Å². The smallest absolute Gasteiger partial charge is 0.235 e. The minimum Gasteiger partial charge on any atom is -0.461 e. The molecule has 0 spiro atoms. The Morgan fingerprint density at radius 3 is 3.26 bits per heavy atom. The van der Waals surface area contributed by atoms with E-state index in [4.69, 9.17) is 4.42 Å². The Labute approximate surface area is 163 Å². The van der Waals surface area contributed by atoms with Gasteiger partial charge in [0.25, 0.3) is 0 Å². The van der Waals surface area contributed by atoms with E-state index in [-0.39, 0.29) is 11.7 Å². The Kier molecular flexibility index (Phi) is 4.98. The number of thiophene rings is 1. The lowest BCUT2D eigenvalue weighted by molar-refractivity contribution is -0.113. The minimum atomic E-state index is -0.187. The molecule has 0 saturated carbocycles. The lowest BCUT2D eigenvalue weighted by Crippen LogP contribution is -2.25. The molecule has 0 aromatic carbocycles. The Morgan fingerprint density at radius 1 is 1.59 bits per heavy atom. The summed E-state index contributed by atoms with van der Waals surface area (Å²) < 4.78 is 5.26. The van der Waals surface area contributed by atoms with Crippen molar-refractivity contribution in [3.05, 3.63) is 34.4 Å². The summed E-state index contributed by atoms with van der Waals surface area (Å²) in [4.78, 5) is 20.0. The van der Waals surface area contributed by atoms with Crippen LogP contribution in [0.2, 0.25) is 0 Å². The molecule has 2 N–H and O–H groups in total. The number of likely N-dealkylation sites (N-methyl/N-ethyl adjacent to an activating group) is 1. The first kappa shape index (κ1) is 17.8. The second-order valence-electron chi connectivity index (χ2n) is 6.09. The largest absolute Gasteiger partial charge is 0.461 e. The maximum Gasteiger partial charge on any atom is 0.235 e. The van der Waals surface area contributed by atoms with Gasteiger partial charge < -0.3 is 14.6 Å². The van der Waals surface area contributed by atoms with Gasteiger partial charge in [0.1, 0.15) is 11.1 Å². The molecule has 0 aliphatic carbocycles. The summed E-state index contributed by atoms with van der Waals surface area (Å²) in [6.07, 6.45) is 2.39. The number of hydrogen-bond donors (Lipinski definition) is 2. The molecule has 1 aliphatic rings. The highest BCUT2D eigenvalue weighted by atomic mass is 32.2. The summed E-state index contributed by atoms with van der Waals surface area (Å²) in [6, 6.07) is 5.79. The molecule has 1 aliphatic heterocycles. The second kappa shape index (κ2) is 7.56. The molecule has 3 aromatic rings. The number of carbonyl (C=O) groups excluding carboxylic acids is 1. The number of anilines is 1. The fraction of sp³-hybridized carbons (Fsp3) is 0.294. The predicted molar refractivity (Wildman–Crippen MR) is 103 cm³/mol. The van der Waals surface area contributed by atoms with Gasteiger partial charge >= 0.3 is 0 Å². The minimum absolute atomic E-state index is 0.156. The van der Waals surface area contributed by atoms with E-state index in [9.17, 15) is 10.1 Å². The number of aromatic amines is 1. The van der Waals surface area contributed by atoms with Gasteiger partial charge in [-0.05, 0) is 31.2 Å². The number of carbonyl (C=O) groups is 1. The zero-order valence-electron chi connectivity index (χ0n) is 14.5. The van der Waals surface area contributed by atoms with Crippen LogP contribution in [0.15, 0.2) is 28.0 Å². The number of H-pyrrole nitrogens is 1. The third-order valence-corrected chi connectivity index (χ3v) is 6.14. The van der Waals surface area contributed by atoms with E-state index in [0.29, 0.717) is 27.3 Å². The van der Waals surface area contributed by atoms with Crippen molar-refractivity contribution in [1.82, 2.24) is 20.1 Å². The molecule has 0 radical (unpaired) electrons. The number of fused-ring (bicyclic) bond motifs is 1. The van der Waals surface area contributed by atoms with E-state index in [0.717, 1.165) is 30.0 Å². The first-order valence-electron chi connectivity index (χ1n) is 8.26. The van der Waals surface area contributed by atoms with Crippen LogP contribution < -0.4 is 5.32 Å². The molecular formula is C17H16N6O2S2. The lowest BCUT2D eigenvalue weighted by Gasteiger charge is -2.21. The molecule has 1 amide bonds. The summed E-state index contributed by atoms with van der Waals surface area (Å²) in [6.45, 7) is 1.73. The number of nitriles is 1. The first-order valence-corrected chi connectivity index (χ1v) is 10.1. The molecule has 0 atom stereocenters. The zero-order valence-corrected chi connectivity index (χ0v) is 16.1.